The number of hydrogen-bond donors (Lipinski definition) is 0. The van der Waals surface area contributed by atoms with Crippen molar-refractivity contribution in [2.75, 3.05) is 0 Å². The van der Waals surface area contributed by atoms with Gasteiger partial charge in [0.05, 0.1) is 0 Å². The van der Waals surface area contributed by atoms with Gasteiger partial charge in [0, 0.05) is 0 Å². The summed E-state index contributed by atoms with van der Waals surface area (Å²) >= 11 is 0. The number of rotatable bonds is 2. The molecular formula is C63H78. The van der Waals surface area contributed by atoms with Gasteiger partial charge in [-0.25, -0.2) is 0 Å². The van der Waals surface area contributed by atoms with Crippen molar-refractivity contribution in [2.24, 2.45) is 5.92 Å². The third kappa shape index (κ3) is 19.1. The van der Waals surface area contributed by atoms with Crippen molar-refractivity contribution in [2.45, 2.75) is 123 Å². The Morgan fingerprint density at radius 1 is 0.349 bits per heavy atom. The van der Waals surface area contributed by atoms with Gasteiger partial charge in [-0.2, -0.15) is 0 Å². The van der Waals surface area contributed by atoms with Crippen LogP contribution in [0.1, 0.15) is 107 Å². The fraction of sp³-hybridized carbons (Fsp3) is 0.302. The summed E-state index contributed by atoms with van der Waals surface area (Å²) in [4.78, 5) is 0. The van der Waals surface area contributed by atoms with Crippen molar-refractivity contribution in [1.82, 2.24) is 0 Å². The van der Waals surface area contributed by atoms with Gasteiger partial charge >= 0.3 is 0 Å². The van der Waals surface area contributed by atoms with E-state index in [1.807, 2.05) is 0 Å². The lowest BCUT2D eigenvalue weighted by molar-refractivity contribution is 0.590. The van der Waals surface area contributed by atoms with Crippen molar-refractivity contribution in [1.29, 1.82) is 0 Å². The molecule has 0 amide bonds. The lowest BCUT2D eigenvalue weighted by Crippen LogP contribution is -2.10. The van der Waals surface area contributed by atoms with Gasteiger partial charge < -0.3 is 0 Å². The van der Waals surface area contributed by atoms with Crippen LogP contribution in [0.25, 0.3) is 21.5 Å². The van der Waals surface area contributed by atoms with E-state index in [9.17, 15) is 0 Å². The van der Waals surface area contributed by atoms with Crippen LogP contribution in [0, 0.1) is 82.1 Å². The molecule has 0 nitrogen and oxygen atoms in total. The summed E-state index contributed by atoms with van der Waals surface area (Å²) in [7, 11) is 0. The van der Waals surface area contributed by atoms with Crippen molar-refractivity contribution >= 4 is 21.5 Å². The van der Waals surface area contributed by atoms with Crippen LogP contribution in [-0.4, -0.2) is 0 Å². The minimum atomic E-state index is 0.285. The normalized spacial score (nSPS) is 10.4. The third-order valence-electron chi connectivity index (χ3n) is 11.0. The maximum Gasteiger partial charge on any atom is -0.0132 e. The Kier molecular flexibility index (Phi) is 20.8. The van der Waals surface area contributed by atoms with Gasteiger partial charge in [-0.1, -0.05) is 237 Å². The Labute approximate surface area is 384 Å². The summed E-state index contributed by atoms with van der Waals surface area (Å²) in [5, 5.41) is 5.33. The maximum atomic E-state index is 2.25. The SMILES string of the molecule is Cc1cc(C)c(C)c(C)c1.Cc1cc(C)cc(C)c1.Cc1ccc(C(C)(C)C)cc1.Cc1ccc(CC(C)C)cc1.Cc1ccc2ccccc2c1.Cc1cccc2ccccc12. The Morgan fingerprint density at radius 3 is 1.27 bits per heavy atom. The van der Waals surface area contributed by atoms with Crippen molar-refractivity contribution in [3.05, 3.63) is 236 Å². The molecule has 0 aliphatic heterocycles. The van der Waals surface area contributed by atoms with Crippen LogP contribution in [-0.2, 0) is 11.8 Å². The van der Waals surface area contributed by atoms with E-state index in [2.05, 4.69) is 275 Å². The monoisotopic (exact) mass is 835 g/mol. The molecule has 0 heteroatoms. The highest BCUT2D eigenvalue weighted by Crippen LogP contribution is 2.22. The van der Waals surface area contributed by atoms with Gasteiger partial charge in [-0.3, -0.25) is 0 Å². The maximum absolute atomic E-state index is 2.25. The summed E-state index contributed by atoms with van der Waals surface area (Å²) in [6.07, 6.45) is 1.19. The molecule has 0 aromatic heterocycles. The third-order valence-corrected chi connectivity index (χ3v) is 11.0. The second-order valence-corrected chi connectivity index (χ2v) is 19.0. The second-order valence-electron chi connectivity index (χ2n) is 19.0. The van der Waals surface area contributed by atoms with Gasteiger partial charge in [0.1, 0.15) is 0 Å². The van der Waals surface area contributed by atoms with Crippen molar-refractivity contribution in [3.63, 3.8) is 0 Å². The fourth-order valence-corrected chi connectivity index (χ4v) is 7.40. The molecule has 0 bridgehead atoms. The average Bonchev–Trinajstić information content (AvgIpc) is 3.21. The van der Waals surface area contributed by atoms with Crippen LogP contribution in [0.3, 0.4) is 0 Å². The Hall–Kier alpha value is -5.72. The molecule has 0 radical (unpaired) electrons. The first-order chi connectivity index (χ1) is 29.7. The molecule has 0 unspecified atom stereocenters. The molecule has 0 heterocycles. The van der Waals surface area contributed by atoms with Crippen molar-refractivity contribution in [3.8, 4) is 0 Å². The summed E-state index contributed by atoms with van der Waals surface area (Å²) in [6, 6.07) is 58.3. The lowest BCUT2D eigenvalue weighted by Gasteiger charge is -2.18. The van der Waals surface area contributed by atoms with E-state index in [1.165, 1.54) is 100 Å². The van der Waals surface area contributed by atoms with Gasteiger partial charge in [0.25, 0.3) is 0 Å². The largest absolute Gasteiger partial charge is 0.0625 e. The predicted octanol–water partition coefficient (Wildman–Crippen LogP) is 18.3. The van der Waals surface area contributed by atoms with Crippen molar-refractivity contribution < 1.29 is 0 Å². The number of aryl methyl sites for hydroxylation is 10. The van der Waals surface area contributed by atoms with E-state index in [0.717, 1.165) is 5.92 Å². The zero-order valence-electron chi connectivity index (χ0n) is 41.9. The van der Waals surface area contributed by atoms with E-state index in [0.29, 0.717) is 0 Å². The zero-order valence-corrected chi connectivity index (χ0v) is 41.9. The van der Waals surface area contributed by atoms with Gasteiger partial charge in [-0.15, -0.1) is 0 Å². The first kappa shape index (κ1) is 51.6. The molecule has 8 aromatic carbocycles. The Morgan fingerprint density at radius 2 is 0.778 bits per heavy atom. The molecule has 0 fully saturated rings. The summed E-state index contributed by atoms with van der Waals surface area (Å²) in [6.45, 7) is 34.7. The first-order valence-electron chi connectivity index (χ1n) is 22.8. The van der Waals surface area contributed by atoms with E-state index in [-0.39, 0.29) is 5.41 Å². The van der Waals surface area contributed by atoms with E-state index in [4.69, 9.17) is 0 Å². The number of benzene rings is 8. The smallest absolute Gasteiger partial charge is 0.0132 e. The van der Waals surface area contributed by atoms with Crippen LogP contribution < -0.4 is 0 Å². The highest BCUT2D eigenvalue weighted by Gasteiger charge is 2.12. The minimum absolute atomic E-state index is 0.285. The standard InChI is InChI=1S/2C11H10.2C11H16.C10H14.C9H12/c1-9-5-4-7-10-6-2-3-8-11(9)10;1-9-6-7-10-4-2-3-5-11(10)8-9;1-9-5-7-10(8-6-9)11(2,3)4;1-9(2)8-11-6-4-10(3)5-7-11;1-7-5-8(2)10(4)9(3)6-7;1-7-4-8(2)6-9(3)5-7/h2*2-8H,1H3;5-8H,1-4H3;4-7,9H,8H2,1-3H3;5-6H,1-4H3;4-6H,1-3H3. The van der Waals surface area contributed by atoms with E-state index in [1.54, 1.807) is 0 Å². The molecular weight excluding hydrogens is 757 g/mol. The fourth-order valence-electron chi connectivity index (χ4n) is 7.40. The molecule has 8 rings (SSSR count). The highest BCUT2D eigenvalue weighted by molar-refractivity contribution is 5.85. The van der Waals surface area contributed by atoms with Crippen LogP contribution >= 0.6 is 0 Å². The minimum Gasteiger partial charge on any atom is -0.0625 e. The molecule has 0 atom stereocenters. The summed E-state index contributed by atoms with van der Waals surface area (Å²) in [5.41, 5.74) is 18.1. The Balaban J connectivity index is 0.000000201. The van der Waals surface area contributed by atoms with E-state index >= 15 is 0 Å². The second kappa shape index (κ2) is 25.4. The van der Waals surface area contributed by atoms with Gasteiger partial charge in [0.2, 0.25) is 0 Å². The van der Waals surface area contributed by atoms with Crippen LogP contribution in [0.2, 0.25) is 0 Å². The number of fused-ring (bicyclic) bond motifs is 2. The zero-order chi connectivity index (χ0) is 46.7. The first-order valence-corrected chi connectivity index (χ1v) is 22.8. The molecule has 0 aliphatic carbocycles. The Bertz CT molecular complexity index is 2490. The van der Waals surface area contributed by atoms with Crippen LogP contribution in [0.5, 0.6) is 0 Å². The number of hydrogen-bond acceptors (Lipinski definition) is 0. The van der Waals surface area contributed by atoms with Crippen LogP contribution in [0.4, 0.5) is 0 Å². The molecule has 330 valence electrons. The summed E-state index contributed by atoms with van der Waals surface area (Å²) in [5.74, 6) is 0.762. The lowest BCUT2D eigenvalue weighted by atomic mass is 9.87. The predicted molar refractivity (Wildman–Crippen MR) is 283 cm³/mol. The highest BCUT2D eigenvalue weighted by atomic mass is 14.2. The van der Waals surface area contributed by atoms with E-state index < -0.39 is 0 Å². The molecule has 63 heavy (non-hydrogen) atoms. The molecule has 0 spiro atoms. The topological polar surface area (TPSA) is 0 Å². The molecule has 0 aliphatic rings. The molecule has 0 N–H and O–H groups in total. The van der Waals surface area contributed by atoms with Gasteiger partial charge in [-0.05, 0) is 149 Å². The molecule has 0 saturated heterocycles. The average molecular weight is 835 g/mol. The molecule has 0 saturated carbocycles. The van der Waals surface area contributed by atoms with Crippen LogP contribution in [0.15, 0.2) is 164 Å². The van der Waals surface area contributed by atoms with Gasteiger partial charge in [0.15, 0.2) is 0 Å². The quantitative estimate of drug-likeness (QED) is 0.163. The molecule has 8 aromatic rings. The summed E-state index contributed by atoms with van der Waals surface area (Å²) < 4.78 is 0.